The summed E-state index contributed by atoms with van der Waals surface area (Å²) in [6.07, 6.45) is 2.08. The SMILES string of the molecule is CC(C)c1ccccc1NC(=O)CCNCc1ccco1. The number of rotatable bonds is 7. The number of carbonyl (C=O) groups excluding carboxylic acids is 1. The average molecular weight is 286 g/mol. The van der Waals surface area contributed by atoms with Crippen LogP contribution in [0.5, 0.6) is 0 Å². The number of carbonyl (C=O) groups is 1. The fourth-order valence-corrected chi connectivity index (χ4v) is 2.15. The number of nitrogens with one attached hydrogen (secondary N) is 2. The zero-order valence-corrected chi connectivity index (χ0v) is 12.6. The third-order valence-electron chi connectivity index (χ3n) is 3.27. The van der Waals surface area contributed by atoms with Gasteiger partial charge >= 0.3 is 0 Å². The Hall–Kier alpha value is -2.07. The highest BCUT2D eigenvalue weighted by atomic mass is 16.3. The van der Waals surface area contributed by atoms with E-state index in [9.17, 15) is 4.79 Å². The molecule has 1 heterocycles. The van der Waals surface area contributed by atoms with Crippen LogP contribution in [0.1, 0.15) is 37.5 Å². The highest BCUT2D eigenvalue weighted by molar-refractivity contribution is 5.91. The van der Waals surface area contributed by atoms with Gasteiger partial charge in [-0.3, -0.25) is 4.79 Å². The molecular weight excluding hydrogens is 264 g/mol. The van der Waals surface area contributed by atoms with Crippen molar-refractivity contribution in [3.63, 3.8) is 0 Å². The summed E-state index contributed by atoms with van der Waals surface area (Å²) in [7, 11) is 0. The zero-order chi connectivity index (χ0) is 15.1. The summed E-state index contributed by atoms with van der Waals surface area (Å²) in [5.41, 5.74) is 2.07. The van der Waals surface area contributed by atoms with Gasteiger partial charge in [-0.15, -0.1) is 0 Å². The van der Waals surface area contributed by atoms with Gasteiger partial charge in [-0.2, -0.15) is 0 Å². The van der Waals surface area contributed by atoms with Crippen LogP contribution in [0.2, 0.25) is 0 Å². The van der Waals surface area contributed by atoms with Crippen molar-refractivity contribution in [3.05, 3.63) is 54.0 Å². The summed E-state index contributed by atoms with van der Waals surface area (Å²) in [5.74, 6) is 1.29. The highest BCUT2D eigenvalue weighted by Gasteiger charge is 2.08. The number of anilines is 1. The first kappa shape index (κ1) is 15.3. The second kappa shape index (κ2) is 7.64. The van der Waals surface area contributed by atoms with E-state index in [1.807, 2.05) is 30.3 Å². The molecule has 0 aliphatic heterocycles. The molecule has 21 heavy (non-hydrogen) atoms. The van der Waals surface area contributed by atoms with E-state index in [4.69, 9.17) is 4.42 Å². The first-order valence-electron chi connectivity index (χ1n) is 7.28. The Labute approximate surface area is 125 Å². The van der Waals surface area contributed by atoms with Gasteiger partial charge in [-0.25, -0.2) is 0 Å². The Morgan fingerprint density at radius 3 is 2.71 bits per heavy atom. The lowest BCUT2D eigenvalue weighted by molar-refractivity contribution is -0.116. The van der Waals surface area contributed by atoms with Crippen molar-refractivity contribution in [1.82, 2.24) is 5.32 Å². The normalized spacial score (nSPS) is 10.8. The van der Waals surface area contributed by atoms with Crippen molar-refractivity contribution in [2.75, 3.05) is 11.9 Å². The molecule has 0 atom stereocenters. The monoisotopic (exact) mass is 286 g/mol. The molecule has 112 valence electrons. The van der Waals surface area contributed by atoms with Gasteiger partial charge in [0.25, 0.3) is 0 Å². The molecule has 2 rings (SSSR count). The smallest absolute Gasteiger partial charge is 0.225 e. The van der Waals surface area contributed by atoms with Crippen molar-refractivity contribution in [3.8, 4) is 0 Å². The van der Waals surface area contributed by atoms with E-state index in [1.165, 1.54) is 0 Å². The highest BCUT2D eigenvalue weighted by Crippen LogP contribution is 2.23. The van der Waals surface area contributed by atoms with Crippen LogP contribution in [0.15, 0.2) is 47.1 Å². The molecule has 2 aromatic rings. The predicted octanol–water partition coefficient (Wildman–Crippen LogP) is 3.52. The first-order valence-corrected chi connectivity index (χ1v) is 7.28. The van der Waals surface area contributed by atoms with Crippen molar-refractivity contribution in [1.29, 1.82) is 0 Å². The summed E-state index contributed by atoms with van der Waals surface area (Å²) in [6, 6.07) is 11.7. The Morgan fingerprint density at radius 1 is 1.19 bits per heavy atom. The molecule has 4 nitrogen and oxygen atoms in total. The van der Waals surface area contributed by atoms with Crippen LogP contribution >= 0.6 is 0 Å². The number of hydrogen-bond acceptors (Lipinski definition) is 3. The van der Waals surface area contributed by atoms with Crippen LogP contribution in [0, 0.1) is 0 Å². The van der Waals surface area contributed by atoms with Gasteiger partial charge in [-0.05, 0) is 29.7 Å². The molecular formula is C17H22N2O2. The Balaban J connectivity index is 1.77. The molecule has 1 amide bonds. The van der Waals surface area contributed by atoms with Crippen LogP contribution in [-0.4, -0.2) is 12.5 Å². The summed E-state index contributed by atoms with van der Waals surface area (Å²) in [6.45, 7) is 5.51. The van der Waals surface area contributed by atoms with E-state index in [-0.39, 0.29) is 5.91 Å². The van der Waals surface area contributed by atoms with Crippen molar-refractivity contribution in [2.45, 2.75) is 32.7 Å². The fourth-order valence-electron chi connectivity index (χ4n) is 2.15. The van der Waals surface area contributed by atoms with Crippen LogP contribution < -0.4 is 10.6 Å². The lowest BCUT2D eigenvalue weighted by Crippen LogP contribution is -2.21. The van der Waals surface area contributed by atoms with Crippen LogP contribution in [-0.2, 0) is 11.3 Å². The maximum Gasteiger partial charge on any atom is 0.225 e. The molecule has 0 spiro atoms. The second-order valence-electron chi connectivity index (χ2n) is 5.30. The van der Waals surface area contributed by atoms with Crippen LogP contribution in [0.4, 0.5) is 5.69 Å². The van der Waals surface area contributed by atoms with Gasteiger partial charge in [0.1, 0.15) is 5.76 Å². The standard InChI is InChI=1S/C17H22N2O2/c1-13(2)15-7-3-4-8-16(15)19-17(20)9-10-18-12-14-6-5-11-21-14/h3-8,11,13,18H,9-10,12H2,1-2H3,(H,19,20). The molecule has 0 radical (unpaired) electrons. The first-order chi connectivity index (χ1) is 10.2. The number of para-hydroxylation sites is 1. The number of hydrogen-bond donors (Lipinski definition) is 2. The largest absolute Gasteiger partial charge is 0.468 e. The molecule has 1 aromatic heterocycles. The van der Waals surface area contributed by atoms with Gasteiger partial charge in [0.15, 0.2) is 0 Å². The number of amides is 1. The summed E-state index contributed by atoms with van der Waals surface area (Å²) < 4.78 is 5.22. The van der Waals surface area contributed by atoms with E-state index in [0.717, 1.165) is 17.0 Å². The lowest BCUT2D eigenvalue weighted by Gasteiger charge is -2.13. The minimum absolute atomic E-state index is 0.0232. The maximum absolute atomic E-state index is 12.0. The predicted molar refractivity (Wildman–Crippen MR) is 84.2 cm³/mol. The van der Waals surface area contributed by atoms with E-state index in [2.05, 4.69) is 30.5 Å². The topological polar surface area (TPSA) is 54.3 Å². The fraction of sp³-hybridized carbons (Fsp3) is 0.353. The quantitative estimate of drug-likeness (QED) is 0.766. The third kappa shape index (κ3) is 4.76. The number of benzene rings is 1. The molecule has 0 bridgehead atoms. The van der Waals surface area contributed by atoms with Crippen molar-refractivity contribution >= 4 is 11.6 Å². The summed E-state index contributed by atoms with van der Waals surface area (Å²) >= 11 is 0. The van der Waals surface area contributed by atoms with Gasteiger partial charge < -0.3 is 15.1 Å². The van der Waals surface area contributed by atoms with Crippen LogP contribution in [0.3, 0.4) is 0 Å². The minimum Gasteiger partial charge on any atom is -0.468 e. The Bertz CT molecular complexity index is 562. The van der Waals surface area contributed by atoms with E-state index >= 15 is 0 Å². The van der Waals surface area contributed by atoms with Gasteiger partial charge in [-0.1, -0.05) is 32.0 Å². The van der Waals surface area contributed by atoms with E-state index in [0.29, 0.717) is 25.4 Å². The minimum atomic E-state index is 0.0232. The number of furan rings is 1. The van der Waals surface area contributed by atoms with E-state index < -0.39 is 0 Å². The maximum atomic E-state index is 12.0. The lowest BCUT2D eigenvalue weighted by atomic mass is 10.0. The van der Waals surface area contributed by atoms with Gasteiger partial charge in [0.2, 0.25) is 5.91 Å². The Kier molecular flexibility index (Phi) is 5.58. The molecule has 1 aromatic carbocycles. The third-order valence-corrected chi connectivity index (χ3v) is 3.27. The molecule has 0 aliphatic rings. The molecule has 0 aliphatic carbocycles. The molecule has 4 heteroatoms. The zero-order valence-electron chi connectivity index (χ0n) is 12.6. The van der Waals surface area contributed by atoms with Crippen molar-refractivity contribution < 1.29 is 9.21 Å². The van der Waals surface area contributed by atoms with Crippen LogP contribution in [0.25, 0.3) is 0 Å². The van der Waals surface area contributed by atoms with Crippen molar-refractivity contribution in [2.24, 2.45) is 0 Å². The molecule has 0 fully saturated rings. The second-order valence-corrected chi connectivity index (χ2v) is 5.30. The Morgan fingerprint density at radius 2 is 2.00 bits per heavy atom. The molecule has 0 saturated heterocycles. The van der Waals surface area contributed by atoms with Gasteiger partial charge in [0, 0.05) is 18.7 Å². The molecule has 2 N–H and O–H groups in total. The summed E-state index contributed by atoms with van der Waals surface area (Å²) in [5, 5.41) is 6.17. The van der Waals surface area contributed by atoms with E-state index in [1.54, 1.807) is 6.26 Å². The summed E-state index contributed by atoms with van der Waals surface area (Å²) in [4.78, 5) is 12.0. The average Bonchev–Trinajstić information content (AvgIpc) is 2.97. The molecule has 0 unspecified atom stereocenters. The van der Waals surface area contributed by atoms with Gasteiger partial charge in [0.05, 0.1) is 12.8 Å². The molecule has 0 saturated carbocycles.